The van der Waals surface area contributed by atoms with Crippen LogP contribution in [0.5, 0.6) is 11.5 Å². The number of amides is 2. The van der Waals surface area contributed by atoms with E-state index in [0.717, 1.165) is 16.7 Å². The van der Waals surface area contributed by atoms with Crippen molar-refractivity contribution in [3.8, 4) is 11.5 Å². The number of rotatable bonds is 8. The highest BCUT2D eigenvalue weighted by atomic mass is 32.2. The van der Waals surface area contributed by atoms with Gasteiger partial charge in [-0.05, 0) is 42.0 Å². The van der Waals surface area contributed by atoms with Gasteiger partial charge in [0, 0.05) is 17.8 Å². The molecule has 0 radical (unpaired) electrons. The van der Waals surface area contributed by atoms with E-state index in [0.29, 0.717) is 16.2 Å². The molecule has 0 spiro atoms. The number of carbonyl (C=O) groups excluding carboxylic acids is 2. The molecule has 1 fully saturated rings. The fourth-order valence-corrected chi connectivity index (χ4v) is 4.68. The van der Waals surface area contributed by atoms with Gasteiger partial charge in [0.1, 0.15) is 5.82 Å². The lowest BCUT2D eigenvalue weighted by atomic mass is 10.1. The minimum absolute atomic E-state index is 0.0816. The van der Waals surface area contributed by atoms with E-state index in [2.05, 4.69) is 5.32 Å². The SMILES string of the molecule is COc1cc(/C=C2/SC(=S)N(c3ccccc3F)C2=O)ccc1OCC(=O)Nc1cccc([N+](=O)[O-])c1. The second-order valence-corrected chi connectivity index (χ2v) is 9.20. The molecule has 0 atom stereocenters. The number of anilines is 2. The average molecular weight is 540 g/mol. The lowest BCUT2D eigenvalue weighted by Gasteiger charge is -2.15. The summed E-state index contributed by atoms with van der Waals surface area (Å²) in [6.45, 7) is -0.375. The molecule has 1 aliphatic heterocycles. The van der Waals surface area contributed by atoms with Crippen LogP contribution in [0.4, 0.5) is 21.5 Å². The quantitative estimate of drug-likeness (QED) is 0.181. The molecule has 0 aromatic heterocycles. The predicted molar refractivity (Wildman–Crippen MR) is 142 cm³/mol. The summed E-state index contributed by atoms with van der Waals surface area (Å²) in [6.07, 6.45) is 1.60. The zero-order valence-corrected chi connectivity index (χ0v) is 20.8. The van der Waals surface area contributed by atoms with Crippen molar-refractivity contribution in [2.45, 2.75) is 0 Å². The summed E-state index contributed by atoms with van der Waals surface area (Å²) in [5, 5.41) is 13.4. The van der Waals surface area contributed by atoms with Crippen molar-refractivity contribution in [1.82, 2.24) is 0 Å². The Morgan fingerprint density at radius 2 is 1.95 bits per heavy atom. The third kappa shape index (κ3) is 5.93. The highest BCUT2D eigenvalue weighted by molar-refractivity contribution is 8.27. The Hall–Kier alpha value is -4.29. The van der Waals surface area contributed by atoms with Crippen LogP contribution in [0.25, 0.3) is 6.08 Å². The number of nitrogens with zero attached hydrogens (tertiary/aromatic N) is 2. The first-order valence-corrected chi connectivity index (χ1v) is 11.9. The fourth-order valence-electron chi connectivity index (χ4n) is 3.39. The number of nitrogens with one attached hydrogen (secondary N) is 1. The molecule has 9 nitrogen and oxygen atoms in total. The molecule has 0 saturated carbocycles. The second kappa shape index (κ2) is 11.2. The maximum atomic E-state index is 14.2. The van der Waals surface area contributed by atoms with Gasteiger partial charge in [-0.1, -0.05) is 48.2 Å². The minimum Gasteiger partial charge on any atom is -0.493 e. The van der Waals surface area contributed by atoms with E-state index in [-0.39, 0.29) is 33.7 Å². The summed E-state index contributed by atoms with van der Waals surface area (Å²) in [4.78, 5) is 37.0. The van der Waals surface area contributed by atoms with Crippen LogP contribution in [0.3, 0.4) is 0 Å². The zero-order chi connectivity index (χ0) is 26.5. The van der Waals surface area contributed by atoms with E-state index < -0.39 is 22.6 Å². The Bertz CT molecular complexity index is 1450. The normalized spacial score (nSPS) is 14.1. The Morgan fingerprint density at radius 1 is 1.16 bits per heavy atom. The van der Waals surface area contributed by atoms with Gasteiger partial charge >= 0.3 is 0 Å². The second-order valence-electron chi connectivity index (χ2n) is 7.52. The van der Waals surface area contributed by atoms with Gasteiger partial charge in [0.2, 0.25) is 0 Å². The number of benzene rings is 3. The van der Waals surface area contributed by atoms with Gasteiger partial charge in [0.25, 0.3) is 17.5 Å². The zero-order valence-electron chi connectivity index (χ0n) is 19.2. The molecule has 0 bridgehead atoms. The maximum Gasteiger partial charge on any atom is 0.271 e. The van der Waals surface area contributed by atoms with Crippen LogP contribution in [0.15, 0.2) is 71.6 Å². The van der Waals surface area contributed by atoms with Crippen LogP contribution in [-0.4, -0.2) is 34.8 Å². The topological polar surface area (TPSA) is 111 Å². The van der Waals surface area contributed by atoms with Gasteiger partial charge in [0.05, 0.1) is 22.6 Å². The smallest absolute Gasteiger partial charge is 0.271 e. The summed E-state index contributed by atoms with van der Waals surface area (Å²) in [5.41, 5.74) is 0.789. The van der Waals surface area contributed by atoms with Gasteiger partial charge < -0.3 is 14.8 Å². The molecule has 1 aliphatic rings. The highest BCUT2D eigenvalue weighted by Gasteiger charge is 2.34. The van der Waals surface area contributed by atoms with Crippen molar-refractivity contribution in [1.29, 1.82) is 0 Å². The molecule has 3 aromatic rings. The molecule has 0 unspecified atom stereocenters. The molecule has 12 heteroatoms. The summed E-state index contributed by atoms with van der Waals surface area (Å²) < 4.78 is 25.3. The van der Waals surface area contributed by atoms with Crippen molar-refractivity contribution in [3.63, 3.8) is 0 Å². The predicted octanol–water partition coefficient (Wildman–Crippen LogP) is 5.17. The Kier molecular flexibility index (Phi) is 7.80. The lowest BCUT2D eigenvalue weighted by molar-refractivity contribution is -0.384. The summed E-state index contributed by atoms with van der Waals surface area (Å²) >= 11 is 6.34. The molecule has 3 aromatic carbocycles. The standard InChI is InChI=1S/C25H18FN3O6S2/c1-34-21-11-15(12-22-24(31)28(25(36)37-22)19-8-3-2-7-18(19)26)9-10-20(21)35-14-23(30)27-16-5-4-6-17(13-16)29(32)33/h2-13H,14H2,1H3,(H,27,30)/b22-12+. The number of hydrogen-bond acceptors (Lipinski definition) is 8. The van der Waals surface area contributed by atoms with Crippen molar-refractivity contribution >= 4 is 63.3 Å². The van der Waals surface area contributed by atoms with E-state index >= 15 is 0 Å². The van der Waals surface area contributed by atoms with Crippen molar-refractivity contribution in [2.75, 3.05) is 23.9 Å². The Balaban J connectivity index is 1.45. The number of nitro benzene ring substituents is 1. The first kappa shape index (κ1) is 25.8. The summed E-state index contributed by atoms with van der Waals surface area (Å²) in [6, 6.07) is 16.3. The van der Waals surface area contributed by atoms with Crippen molar-refractivity contribution in [3.05, 3.63) is 93.1 Å². The molecule has 4 rings (SSSR count). The van der Waals surface area contributed by atoms with E-state index in [1.807, 2.05) is 0 Å². The van der Waals surface area contributed by atoms with E-state index in [1.165, 1.54) is 49.6 Å². The molecule has 37 heavy (non-hydrogen) atoms. The molecular formula is C25H18FN3O6S2. The molecule has 1 heterocycles. The number of hydrogen-bond donors (Lipinski definition) is 1. The number of thioether (sulfide) groups is 1. The van der Waals surface area contributed by atoms with Crippen LogP contribution < -0.4 is 19.7 Å². The lowest BCUT2D eigenvalue weighted by Crippen LogP contribution is -2.28. The van der Waals surface area contributed by atoms with Crippen LogP contribution in [-0.2, 0) is 9.59 Å². The van der Waals surface area contributed by atoms with Crippen LogP contribution in [0.2, 0.25) is 0 Å². The number of non-ortho nitro benzene ring substituents is 1. The number of carbonyl (C=O) groups is 2. The molecule has 1 N–H and O–H groups in total. The summed E-state index contributed by atoms with van der Waals surface area (Å²) in [5.74, 6) is -0.951. The van der Waals surface area contributed by atoms with Gasteiger partial charge in [-0.2, -0.15) is 0 Å². The van der Waals surface area contributed by atoms with Crippen LogP contribution >= 0.6 is 24.0 Å². The maximum absolute atomic E-state index is 14.2. The molecule has 2 amide bonds. The van der Waals surface area contributed by atoms with Gasteiger partial charge in [-0.25, -0.2) is 4.39 Å². The van der Waals surface area contributed by atoms with Crippen molar-refractivity contribution in [2.24, 2.45) is 0 Å². The summed E-state index contributed by atoms with van der Waals surface area (Å²) in [7, 11) is 1.42. The largest absolute Gasteiger partial charge is 0.493 e. The number of methoxy groups -OCH3 is 1. The number of nitro groups is 1. The Morgan fingerprint density at radius 3 is 2.68 bits per heavy atom. The van der Waals surface area contributed by atoms with E-state index in [4.69, 9.17) is 21.7 Å². The van der Waals surface area contributed by atoms with Gasteiger partial charge in [-0.3, -0.25) is 24.6 Å². The third-order valence-electron chi connectivity index (χ3n) is 5.07. The average Bonchev–Trinajstić information content (AvgIpc) is 3.15. The van der Waals surface area contributed by atoms with Crippen LogP contribution in [0.1, 0.15) is 5.56 Å². The monoisotopic (exact) mass is 539 g/mol. The number of thiocarbonyl (C=S) groups is 1. The molecule has 0 aliphatic carbocycles. The number of para-hydroxylation sites is 1. The fraction of sp³-hybridized carbons (Fsp3) is 0.0800. The third-order valence-corrected chi connectivity index (χ3v) is 6.37. The van der Waals surface area contributed by atoms with E-state index in [9.17, 15) is 24.1 Å². The molecular weight excluding hydrogens is 521 g/mol. The number of halogens is 1. The molecule has 1 saturated heterocycles. The minimum atomic E-state index is -0.559. The molecule has 188 valence electrons. The van der Waals surface area contributed by atoms with Gasteiger partial charge in [0.15, 0.2) is 22.4 Å². The van der Waals surface area contributed by atoms with E-state index in [1.54, 1.807) is 30.3 Å². The van der Waals surface area contributed by atoms with Crippen LogP contribution in [0, 0.1) is 15.9 Å². The van der Waals surface area contributed by atoms with Crippen molar-refractivity contribution < 1.29 is 28.4 Å². The first-order chi connectivity index (χ1) is 17.8. The number of ether oxygens (including phenoxy) is 2. The highest BCUT2D eigenvalue weighted by Crippen LogP contribution is 2.38. The Labute approximate surface area is 220 Å². The first-order valence-electron chi connectivity index (χ1n) is 10.6. The van der Waals surface area contributed by atoms with Gasteiger partial charge in [-0.15, -0.1) is 0 Å².